The molecule has 0 N–H and O–H groups in total. The average Bonchev–Trinajstić information content (AvgIpc) is 2.82. The van der Waals surface area contributed by atoms with Gasteiger partial charge in [0, 0.05) is 11.9 Å². The molecule has 1 aliphatic carbocycles. The van der Waals surface area contributed by atoms with Gasteiger partial charge in [-0.05, 0) is 17.9 Å². The fourth-order valence-electron chi connectivity index (χ4n) is 3.65. The van der Waals surface area contributed by atoms with Gasteiger partial charge in [-0.2, -0.15) is 0 Å². The molecule has 1 aromatic carbocycles. The van der Waals surface area contributed by atoms with Gasteiger partial charge in [0.15, 0.2) is 0 Å². The second-order valence-electron chi connectivity index (χ2n) is 6.12. The van der Waals surface area contributed by atoms with Gasteiger partial charge in [-0.1, -0.05) is 49.4 Å². The Balaban J connectivity index is 1.61. The molecule has 1 heterocycles. The van der Waals surface area contributed by atoms with Gasteiger partial charge in [-0.3, -0.25) is 4.79 Å². The number of benzene rings is 1. The van der Waals surface area contributed by atoms with Gasteiger partial charge in [0.1, 0.15) is 14.5 Å². The molecule has 0 amide bonds. The number of ether oxygens (including phenoxy) is 2. The van der Waals surface area contributed by atoms with Crippen molar-refractivity contribution in [3.8, 4) is 0 Å². The molecule has 1 saturated heterocycles. The van der Waals surface area contributed by atoms with Gasteiger partial charge in [0.25, 0.3) is 0 Å². The van der Waals surface area contributed by atoms with Crippen LogP contribution in [-0.4, -0.2) is 25.4 Å². The highest BCUT2D eigenvalue weighted by Crippen LogP contribution is 2.55. The molecule has 21 heavy (non-hydrogen) atoms. The van der Waals surface area contributed by atoms with Crippen LogP contribution in [0.15, 0.2) is 42.5 Å². The van der Waals surface area contributed by atoms with Crippen molar-refractivity contribution in [2.24, 2.45) is 11.8 Å². The molecule has 2 bridgehead atoms. The van der Waals surface area contributed by atoms with E-state index >= 15 is 0 Å². The zero-order valence-corrected chi connectivity index (χ0v) is 12.2. The number of carbonyl (C=O) groups excluding carboxylic acids is 1. The summed E-state index contributed by atoms with van der Waals surface area (Å²) in [5, 5.41) is 0. The summed E-state index contributed by atoms with van der Waals surface area (Å²) in [6.45, 7) is 6.45. The number of carbonyl (C=O) groups is 1. The molecule has 0 aromatic heterocycles. The van der Waals surface area contributed by atoms with E-state index in [2.05, 4.69) is 13.5 Å². The third kappa shape index (κ3) is 2.53. The number of hydrogen-bond acceptors (Lipinski definition) is 3. The van der Waals surface area contributed by atoms with Crippen LogP contribution in [0.2, 0.25) is 0 Å². The Morgan fingerprint density at radius 3 is 2.81 bits per heavy atom. The van der Waals surface area contributed by atoms with Crippen LogP contribution in [0.3, 0.4) is 0 Å². The van der Waals surface area contributed by atoms with Crippen LogP contribution in [0.25, 0.3) is 0 Å². The molecular weight excluding hydrogens is 263 g/mol. The summed E-state index contributed by atoms with van der Waals surface area (Å²) in [6, 6.07) is 9.31. The van der Waals surface area contributed by atoms with Crippen LogP contribution >= 0.6 is 0 Å². The summed E-state index contributed by atoms with van der Waals surface area (Å²) in [7, 11) is 5.99. The van der Waals surface area contributed by atoms with Gasteiger partial charge in [0.05, 0.1) is 12.0 Å². The van der Waals surface area contributed by atoms with Gasteiger partial charge in [0.2, 0.25) is 0 Å². The van der Waals surface area contributed by atoms with E-state index in [-0.39, 0.29) is 30.2 Å². The fraction of sp³-hybridized carbons (Fsp3) is 0.471. The zero-order valence-electron chi connectivity index (χ0n) is 12.2. The topological polar surface area (TPSA) is 35.5 Å². The van der Waals surface area contributed by atoms with Crippen LogP contribution in [-0.2, 0) is 20.9 Å². The van der Waals surface area contributed by atoms with Gasteiger partial charge in [-0.15, -0.1) is 0 Å². The molecule has 4 heteroatoms. The van der Waals surface area contributed by atoms with Crippen LogP contribution in [0.5, 0.6) is 0 Å². The van der Waals surface area contributed by atoms with E-state index < -0.39 is 5.60 Å². The highest BCUT2D eigenvalue weighted by Gasteiger charge is 2.58. The Hall–Kier alpha value is -1.55. The lowest BCUT2D eigenvalue weighted by Gasteiger charge is -2.31. The smallest absolute Gasteiger partial charge is 0.309 e. The summed E-state index contributed by atoms with van der Waals surface area (Å²) < 4.78 is 11.2. The van der Waals surface area contributed by atoms with Crippen LogP contribution < -0.4 is 0 Å². The van der Waals surface area contributed by atoms with Crippen LogP contribution in [0, 0.1) is 11.8 Å². The number of hydrogen-bond donors (Lipinski definition) is 0. The van der Waals surface area contributed by atoms with Crippen molar-refractivity contribution < 1.29 is 14.3 Å². The second kappa shape index (κ2) is 5.34. The number of esters is 1. The Morgan fingerprint density at radius 1 is 1.48 bits per heavy atom. The van der Waals surface area contributed by atoms with Gasteiger partial charge < -0.3 is 9.47 Å². The second-order valence-corrected chi connectivity index (χ2v) is 6.12. The maximum absolute atomic E-state index is 12.1. The third-order valence-corrected chi connectivity index (χ3v) is 4.78. The predicted octanol–water partition coefficient (Wildman–Crippen LogP) is 2.60. The van der Waals surface area contributed by atoms with E-state index in [4.69, 9.17) is 17.3 Å². The van der Waals surface area contributed by atoms with Crippen LogP contribution in [0.1, 0.15) is 25.3 Å². The summed E-state index contributed by atoms with van der Waals surface area (Å²) in [5.41, 5.74) is 1.56. The molecule has 1 aliphatic heterocycles. The van der Waals surface area contributed by atoms with Crippen molar-refractivity contribution >= 4 is 13.8 Å². The summed E-state index contributed by atoms with van der Waals surface area (Å²) in [4.78, 5) is 12.1. The summed E-state index contributed by atoms with van der Waals surface area (Å²) in [6.07, 6.45) is 0.942. The fourth-order valence-corrected chi connectivity index (χ4v) is 3.65. The molecule has 1 saturated carbocycles. The van der Waals surface area contributed by atoms with E-state index in [0.717, 1.165) is 11.1 Å². The monoisotopic (exact) mass is 282 g/mol. The van der Waals surface area contributed by atoms with Crippen molar-refractivity contribution in [3.63, 3.8) is 0 Å². The predicted molar refractivity (Wildman–Crippen MR) is 80.6 cm³/mol. The van der Waals surface area contributed by atoms with Crippen LogP contribution in [0.4, 0.5) is 0 Å². The lowest BCUT2D eigenvalue weighted by Crippen LogP contribution is -2.37. The van der Waals surface area contributed by atoms with Gasteiger partial charge >= 0.3 is 5.97 Å². The first-order valence-corrected chi connectivity index (χ1v) is 7.32. The molecule has 0 spiro atoms. The molecule has 2 fully saturated rings. The highest BCUT2D eigenvalue weighted by molar-refractivity contribution is 6.11. The molecular formula is C17H19BO3. The van der Waals surface area contributed by atoms with Gasteiger partial charge in [-0.25, -0.2) is 0 Å². The number of fused-ring (bicyclic) bond motifs is 2. The van der Waals surface area contributed by atoms with Crippen molar-refractivity contribution in [2.45, 2.75) is 38.0 Å². The Bertz CT molecular complexity index is 556. The first-order chi connectivity index (χ1) is 10.0. The van der Waals surface area contributed by atoms with E-state index in [9.17, 15) is 4.79 Å². The summed E-state index contributed by atoms with van der Waals surface area (Å²) >= 11 is 0. The minimum absolute atomic E-state index is 0.159. The quantitative estimate of drug-likeness (QED) is 0.484. The minimum atomic E-state index is -0.519. The van der Waals surface area contributed by atoms with Crippen molar-refractivity contribution in [2.75, 3.05) is 0 Å². The standard InChI is InChI=1S/C17H19BO3/c1-11-8-17(12(2)15(11)16(18)21-17)9-14(19)20-10-13-6-4-3-5-7-13/h3-7,12,15-16H,1,8-10H2,2H3/t12?,15-,16+,17+/m0/s1. The first-order valence-electron chi connectivity index (χ1n) is 7.32. The molecule has 1 aromatic rings. The molecule has 3 nitrogen and oxygen atoms in total. The molecule has 2 radical (unpaired) electrons. The molecule has 108 valence electrons. The van der Waals surface area contributed by atoms with Crippen molar-refractivity contribution in [1.82, 2.24) is 0 Å². The Kier molecular flexibility index (Phi) is 3.66. The highest BCUT2D eigenvalue weighted by atomic mass is 16.5. The third-order valence-electron chi connectivity index (χ3n) is 4.78. The summed E-state index contributed by atoms with van der Waals surface area (Å²) in [5.74, 6) is 0.129. The van der Waals surface area contributed by atoms with E-state index in [1.54, 1.807) is 0 Å². The Morgan fingerprint density at radius 2 is 2.19 bits per heavy atom. The van der Waals surface area contributed by atoms with E-state index in [1.807, 2.05) is 30.3 Å². The normalized spacial score (nSPS) is 34.1. The van der Waals surface area contributed by atoms with E-state index in [0.29, 0.717) is 13.0 Å². The zero-order chi connectivity index (χ0) is 15.0. The maximum Gasteiger partial charge on any atom is 0.309 e. The minimum Gasteiger partial charge on any atom is -0.461 e. The average molecular weight is 282 g/mol. The number of rotatable bonds is 4. The SMILES string of the molecule is [B][C@@H]1O[C@@]2(CC(=O)OCc3ccccc3)CC(=C)[C@H]1C2C. The largest absolute Gasteiger partial charge is 0.461 e. The Labute approximate surface area is 126 Å². The van der Waals surface area contributed by atoms with E-state index in [1.165, 1.54) is 0 Å². The molecule has 2 aliphatic rings. The lowest BCUT2D eigenvalue weighted by molar-refractivity contribution is -0.153. The van der Waals surface area contributed by atoms with Crippen molar-refractivity contribution in [1.29, 1.82) is 0 Å². The maximum atomic E-state index is 12.1. The first kappa shape index (κ1) is 14.4. The molecule has 4 atom stereocenters. The lowest BCUT2D eigenvalue weighted by atomic mass is 9.80. The van der Waals surface area contributed by atoms with Crippen molar-refractivity contribution in [3.05, 3.63) is 48.0 Å². The molecule has 1 unspecified atom stereocenters. The molecule has 3 rings (SSSR count).